The Balaban J connectivity index is 1.87. The van der Waals surface area contributed by atoms with Gasteiger partial charge in [-0.05, 0) is 32.0 Å². The van der Waals surface area contributed by atoms with E-state index in [1.54, 1.807) is 38.2 Å². The molecule has 0 saturated carbocycles. The highest BCUT2D eigenvalue weighted by atomic mass is 32.2. The second kappa shape index (κ2) is 7.57. The van der Waals surface area contributed by atoms with Gasteiger partial charge in [0.25, 0.3) is 0 Å². The van der Waals surface area contributed by atoms with Crippen molar-refractivity contribution in [3.8, 4) is 5.75 Å². The summed E-state index contributed by atoms with van der Waals surface area (Å²) >= 11 is 1.36. The van der Waals surface area contributed by atoms with E-state index in [1.165, 1.54) is 11.8 Å². The number of sulfonamides is 1. The maximum atomic E-state index is 12.5. The van der Waals surface area contributed by atoms with Crippen molar-refractivity contribution in [1.82, 2.24) is 4.98 Å². The van der Waals surface area contributed by atoms with E-state index in [0.717, 1.165) is 15.8 Å². The fraction of sp³-hybridized carbons (Fsp3) is 0.136. The zero-order valence-electron chi connectivity index (χ0n) is 16.0. The van der Waals surface area contributed by atoms with Gasteiger partial charge in [0.05, 0.1) is 21.3 Å². The average Bonchev–Trinajstić information content (AvgIpc) is 2.71. The predicted octanol–water partition coefficient (Wildman–Crippen LogP) is 5.39. The van der Waals surface area contributed by atoms with Crippen LogP contribution in [0.1, 0.15) is 13.8 Å². The quantitative estimate of drug-likeness (QED) is 0.420. The third kappa shape index (κ3) is 3.75. The summed E-state index contributed by atoms with van der Waals surface area (Å²) in [4.78, 5) is 5.90. The molecule has 148 valence electrons. The molecule has 7 heteroatoms. The molecule has 0 bridgehead atoms. The number of aromatic hydroxyl groups is 1. The molecule has 4 rings (SSSR count). The van der Waals surface area contributed by atoms with Gasteiger partial charge in [0, 0.05) is 27.3 Å². The lowest BCUT2D eigenvalue weighted by molar-refractivity contribution is 0.469. The molecule has 1 heterocycles. The molecule has 0 aliphatic heterocycles. The third-order valence-electron chi connectivity index (χ3n) is 4.67. The van der Waals surface area contributed by atoms with Crippen LogP contribution in [0.4, 0.5) is 5.69 Å². The van der Waals surface area contributed by atoms with Gasteiger partial charge in [0.2, 0.25) is 10.0 Å². The van der Waals surface area contributed by atoms with Crippen molar-refractivity contribution in [1.29, 1.82) is 0 Å². The molecule has 0 amide bonds. The lowest BCUT2D eigenvalue weighted by atomic mass is 10.1. The molecule has 0 radical (unpaired) electrons. The first-order chi connectivity index (χ1) is 13.9. The molecular weight excluding hydrogens is 404 g/mol. The van der Waals surface area contributed by atoms with Crippen LogP contribution in [-0.2, 0) is 10.0 Å². The Morgan fingerprint density at radius 1 is 0.966 bits per heavy atom. The Morgan fingerprint density at radius 2 is 1.69 bits per heavy atom. The first-order valence-electron chi connectivity index (χ1n) is 9.15. The maximum Gasteiger partial charge on any atom is 0.235 e. The summed E-state index contributed by atoms with van der Waals surface area (Å²) in [6.45, 7) is 3.25. The van der Waals surface area contributed by atoms with E-state index in [9.17, 15) is 13.5 Å². The number of phenolic OH excluding ortho intramolecular Hbond substituents is 1. The molecule has 0 atom stereocenters. The van der Waals surface area contributed by atoms with Crippen LogP contribution in [0, 0.1) is 0 Å². The Labute approximate surface area is 173 Å². The van der Waals surface area contributed by atoms with E-state index in [4.69, 9.17) is 0 Å². The van der Waals surface area contributed by atoms with Crippen molar-refractivity contribution in [2.45, 2.75) is 28.9 Å². The number of para-hydroxylation sites is 1. The normalized spacial score (nSPS) is 12.0. The average molecular weight is 425 g/mol. The molecule has 0 fully saturated rings. The summed E-state index contributed by atoms with van der Waals surface area (Å²) in [6.07, 6.45) is 1.73. The van der Waals surface area contributed by atoms with Crippen molar-refractivity contribution < 1.29 is 13.5 Å². The lowest BCUT2D eigenvalue weighted by Crippen LogP contribution is -2.22. The van der Waals surface area contributed by atoms with Crippen LogP contribution in [0.25, 0.3) is 21.7 Å². The number of aromatic nitrogens is 1. The molecule has 0 spiro atoms. The van der Waals surface area contributed by atoms with Gasteiger partial charge >= 0.3 is 0 Å². The Morgan fingerprint density at radius 3 is 2.45 bits per heavy atom. The van der Waals surface area contributed by atoms with Crippen molar-refractivity contribution in [3.05, 3.63) is 66.9 Å². The number of anilines is 1. The number of nitrogens with one attached hydrogen (secondary N) is 1. The number of fused-ring (bicyclic) bond motifs is 2. The van der Waals surface area contributed by atoms with Gasteiger partial charge < -0.3 is 5.11 Å². The topological polar surface area (TPSA) is 79.3 Å². The highest BCUT2D eigenvalue weighted by molar-refractivity contribution is 7.99. The first-order valence-corrected chi connectivity index (χ1v) is 11.5. The number of nitrogens with zero attached hydrogens (tertiary/aromatic N) is 1. The molecule has 0 aliphatic carbocycles. The fourth-order valence-corrected chi connectivity index (χ4v) is 4.79. The minimum absolute atomic E-state index is 0.117. The Bertz CT molecular complexity index is 1310. The second-order valence-corrected chi connectivity index (χ2v) is 10.3. The summed E-state index contributed by atoms with van der Waals surface area (Å²) < 4.78 is 27.6. The van der Waals surface area contributed by atoms with Crippen LogP contribution < -0.4 is 4.72 Å². The molecule has 0 unspecified atom stereocenters. The standard InChI is InChI=1S/C22H20N2O3S2/c1-14(2)29(26,27)24-18-13-20(22(25)17-10-4-3-9-16(17)18)28-19-11-5-7-15-8-6-12-23-21(15)19/h3-14,24-25H,1-2H3. The maximum absolute atomic E-state index is 12.5. The van der Waals surface area contributed by atoms with Crippen molar-refractivity contribution in [2.24, 2.45) is 0 Å². The van der Waals surface area contributed by atoms with Gasteiger partial charge in [-0.15, -0.1) is 0 Å². The van der Waals surface area contributed by atoms with Crippen LogP contribution in [0.3, 0.4) is 0 Å². The highest BCUT2D eigenvalue weighted by Gasteiger charge is 2.20. The van der Waals surface area contributed by atoms with Crippen LogP contribution in [-0.4, -0.2) is 23.8 Å². The molecule has 0 saturated heterocycles. The van der Waals surface area contributed by atoms with E-state index in [-0.39, 0.29) is 5.75 Å². The van der Waals surface area contributed by atoms with Crippen molar-refractivity contribution in [3.63, 3.8) is 0 Å². The molecule has 3 aromatic carbocycles. The molecule has 2 N–H and O–H groups in total. The summed E-state index contributed by atoms with van der Waals surface area (Å²) in [6, 6.07) is 18.6. The Hall–Kier alpha value is -2.77. The number of phenols is 1. The van der Waals surface area contributed by atoms with Crippen molar-refractivity contribution in [2.75, 3.05) is 4.72 Å². The van der Waals surface area contributed by atoms with E-state index < -0.39 is 15.3 Å². The highest BCUT2D eigenvalue weighted by Crippen LogP contribution is 2.44. The lowest BCUT2D eigenvalue weighted by Gasteiger charge is -2.16. The van der Waals surface area contributed by atoms with Gasteiger partial charge in [0.1, 0.15) is 5.75 Å². The molecule has 1 aromatic heterocycles. The van der Waals surface area contributed by atoms with Gasteiger partial charge in [-0.1, -0.05) is 54.2 Å². The van der Waals surface area contributed by atoms with Crippen LogP contribution in [0.5, 0.6) is 5.75 Å². The molecule has 5 nitrogen and oxygen atoms in total. The van der Waals surface area contributed by atoms with E-state index in [2.05, 4.69) is 9.71 Å². The summed E-state index contributed by atoms with van der Waals surface area (Å²) in [7, 11) is -3.53. The zero-order chi connectivity index (χ0) is 20.6. The van der Waals surface area contributed by atoms with Gasteiger partial charge in [0.15, 0.2) is 0 Å². The third-order valence-corrected chi connectivity index (χ3v) is 7.50. The smallest absolute Gasteiger partial charge is 0.235 e. The molecule has 4 aromatic rings. The number of benzene rings is 3. The van der Waals surface area contributed by atoms with Crippen LogP contribution in [0.2, 0.25) is 0 Å². The molecular formula is C22H20N2O3S2. The van der Waals surface area contributed by atoms with E-state index in [1.807, 2.05) is 42.5 Å². The summed E-state index contributed by atoms with van der Waals surface area (Å²) in [5.41, 5.74) is 1.28. The zero-order valence-corrected chi connectivity index (χ0v) is 17.6. The van der Waals surface area contributed by atoms with Gasteiger partial charge in [-0.3, -0.25) is 9.71 Å². The molecule has 0 aliphatic rings. The minimum Gasteiger partial charge on any atom is -0.506 e. The SMILES string of the molecule is CC(C)S(=O)(=O)Nc1cc(Sc2cccc3cccnc23)c(O)c2ccccc12. The van der Waals surface area contributed by atoms with E-state index in [0.29, 0.717) is 21.4 Å². The molecule has 29 heavy (non-hydrogen) atoms. The number of hydrogen-bond acceptors (Lipinski definition) is 5. The van der Waals surface area contributed by atoms with Crippen LogP contribution >= 0.6 is 11.8 Å². The monoisotopic (exact) mass is 424 g/mol. The minimum atomic E-state index is -3.53. The number of pyridine rings is 1. The van der Waals surface area contributed by atoms with Crippen molar-refractivity contribution >= 4 is 49.1 Å². The predicted molar refractivity (Wildman–Crippen MR) is 119 cm³/mol. The second-order valence-electron chi connectivity index (χ2n) is 6.95. The fourth-order valence-electron chi connectivity index (χ4n) is 3.04. The largest absolute Gasteiger partial charge is 0.506 e. The number of rotatable bonds is 5. The van der Waals surface area contributed by atoms with Crippen LogP contribution in [0.15, 0.2) is 76.7 Å². The summed E-state index contributed by atoms with van der Waals surface area (Å²) in [5, 5.41) is 12.6. The summed E-state index contributed by atoms with van der Waals surface area (Å²) in [5.74, 6) is 0.117. The van der Waals surface area contributed by atoms with Gasteiger partial charge in [-0.2, -0.15) is 0 Å². The number of hydrogen-bond donors (Lipinski definition) is 2. The van der Waals surface area contributed by atoms with E-state index >= 15 is 0 Å². The van der Waals surface area contributed by atoms with Gasteiger partial charge in [-0.25, -0.2) is 8.42 Å². The Kier molecular flexibility index (Phi) is 5.10. The first kappa shape index (κ1) is 19.5.